The van der Waals surface area contributed by atoms with Gasteiger partial charge < -0.3 is 9.47 Å². The number of unbranched alkanes of at least 4 members (excludes halogenated alkanes) is 11. The van der Waals surface area contributed by atoms with Crippen LogP contribution < -0.4 is 0 Å². The fourth-order valence-corrected chi connectivity index (χ4v) is 3.25. The van der Waals surface area contributed by atoms with Crippen LogP contribution in [0, 0.1) is 0 Å². The number of esters is 2. The minimum absolute atomic E-state index is 0.0256. The van der Waals surface area contributed by atoms with E-state index in [2.05, 4.69) is 13.8 Å². The molecule has 4 heteroatoms. The average Bonchev–Trinajstić information content (AvgIpc) is 2.66. The molecule has 0 radical (unpaired) electrons. The van der Waals surface area contributed by atoms with Crippen molar-refractivity contribution < 1.29 is 19.1 Å². The van der Waals surface area contributed by atoms with E-state index in [4.69, 9.17) is 9.47 Å². The summed E-state index contributed by atoms with van der Waals surface area (Å²) in [7, 11) is 0. The van der Waals surface area contributed by atoms with Gasteiger partial charge in [-0.3, -0.25) is 9.59 Å². The van der Waals surface area contributed by atoms with Gasteiger partial charge in [0.25, 0.3) is 0 Å². The SMILES string of the molecule is CCCCCCCCCCCCOC(=O)CCCC(=O)OC(C)CCCCC. The molecule has 0 rings (SSSR count). The van der Waals surface area contributed by atoms with E-state index in [0.29, 0.717) is 25.9 Å². The zero-order valence-electron chi connectivity index (χ0n) is 18.9. The highest BCUT2D eigenvalue weighted by Gasteiger charge is 2.11. The number of ether oxygens (including phenoxy) is 2. The summed E-state index contributed by atoms with van der Waals surface area (Å²) in [5, 5.41) is 0. The first-order chi connectivity index (χ1) is 13.6. The fourth-order valence-electron chi connectivity index (χ4n) is 3.25. The average molecular weight is 399 g/mol. The minimum atomic E-state index is -0.202. The molecule has 0 spiro atoms. The van der Waals surface area contributed by atoms with Crippen LogP contribution in [0.5, 0.6) is 0 Å². The van der Waals surface area contributed by atoms with Crippen molar-refractivity contribution in [1.82, 2.24) is 0 Å². The Labute approximate surface area is 174 Å². The summed E-state index contributed by atoms with van der Waals surface area (Å²) in [5.41, 5.74) is 0. The lowest BCUT2D eigenvalue weighted by Gasteiger charge is -2.12. The van der Waals surface area contributed by atoms with E-state index >= 15 is 0 Å². The van der Waals surface area contributed by atoms with E-state index in [1.807, 2.05) is 6.92 Å². The molecule has 1 unspecified atom stereocenters. The highest BCUT2D eigenvalue weighted by Crippen LogP contribution is 2.11. The summed E-state index contributed by atoms with van der Waals surface area (Å²) in [6, 6.07) is 0. The number of hydrogen-bond donors (Lipinski definition) is 0. The van der Waals surface area contributed by atoms with Crippen molar-refractivity contribution in [3.63, 3.8) is 0 Å². The second-order valence-electron chi connectivity index (χ2n) is 8.05. The second-order valence-corrected chi connectivity index (χ2v) is 8.05. The van der Waals surface area contributed by atoms with Crippen LogP contribution >= 0.6 is 0 Å². The van der Waals surface area contributed by atoms with Crippen molar-refractivity contribution in [2.75, 3.05) is 6.61 Å². The normalized spacial score (nSPS) is 12.0. The van der Waals surface area contributed by atoms with Crippen molar-refractivity contribution in [1.29, 1.82) is 0 Å². The molecule has 4 nitrogen and oxygen atoms in total. The van der Waals surface area contributed by atoms with Crippen LogP contribution in [-0.2, 0) is 19.1 Å². The molecule has 0 aromatic heterocycles. The van der Waals surface area contributed by atoms with Crippen molar-refractivity contribution >= 4 is 11.9 Å². The molecular formula is C24H46O4. The molecule has 0 aromatic carbocycles. The Kier molecular flexibility index (Phi) is 19.9. The summed E-state index contributed by atoms with van der Waals surface area (Å²) in [6.45, 7) is 6.85. The van der Waals surface area contributed by atoms with Gasteiger partial charge in [0, 0.05) is 12.8 Å². The smallest absolute Gasteiger partial charge is 0.306 e. The van der Waals surface area contributed by atoms with E-state index in [9.17, 15) is 9.59 Å². The predicted octanol–water partition coefficient (Wildman–Crippen LogP) is 7.13. The summed E-state index contributed by atoms with van der Waals surface area (Å²) < 4.78 is 10.6. The van der Waals surface area contributed by atoms with Crippen molar-refractivity contribution in [3.8, 4) is 0 Å². The number of rotatable bonds is 20. The third-order valence-corrected chi connectivity index (χ3v) is 5.07. The van der Waals surface area contributed by atoms with Crippen molar-refractivity contribution in [2.24, 2.45) is 0 Å². The summed E-state index contributed by atoms with van der Waals surface area (Å²) in [5.74, 6) is -0.397. The van der Waals surface area contributed by atoms with E-state index in [1.54, 1.807) is 0 Å². The Hall–Kier alpha value is -1.06. The monoisotopic (exact) mass is 398 g/mol. The van der Waals surface area contributed by atoms with Gasteiger partial charge >= 0.3 is 11.9 Å². The number of carbonyl (C=O) groups is 2. The molecule has 0 aromatic rings. The van der Waals surface area contributed by atoms with E-state index in [-0.39, 0.29) is 18.0 Å². The van der Waals surface area contributed by atoms with Crippen LogP contribution in [0.15, 0.2) is 0 Å². The largest absolute Gasteiger partial charge is 0.466 e. The third-order valence-electron chi connectivity index (χ3n) is 5.07. The van der Waals surface area contributed by atoms with Crippen LogP contribution in [0.3, 0.4) is 0 Å². The minimum Gasteiger partial charge on any atom is -0.466 e. The Balaban J connectivity index is 3.40. The lowest BCUT2D eigenvalue weighted by atomic mass is 10.1. The van der Waals surface area contributed by atoms with E-state index in [0.717, 1.165) is 25.7 Å². The van der Waals surface area contributed by atoms with Gasteiger partial charge in [-0.1, -0.05) is 84.5 Å². The molecule has 0 N–H and O–H groups in total. The molecule has 0 amide bonds. The molecular weight excluding hydrogens is 352 g/mol. The first kappa shape index (κ1) is 26.9. The van der Waals surface area contributed by atoms with E-state index < -0.39 is 0 Å². The molecule has 28 heavy (non-hydrogen) atoms. The lowest BCUT2D eigenvalue weighted by Crippen LogP contribution is -2.15. The van der Waals surface area contributed by atoms with Gasteiger partial charge in [-0.2, -0.15) is 0 Å². The van der Waals surface area contributed by atoms with E-state index in [1.165, 1.54) is 64.2 Å². The summed E-state index contributed by atoms with van der Waals surface area (Å²) in [4.78, 5) is 23.5. The highest BCUT2D eigenvalue weighted by atomic mass is 16.5. The first-order valence-electron chi connectivity index (χ1n) is 11.9. The van der Waals surface area contributed by atoms with Gasteiger partial charge in [-0.25, -0.2) is 0 Å². The molecule has 0 saturated heterocycles. The Morgan fingerprint density at radius 3 is 1.75 bits per heavy atom. The van der Waals surface area contributed by atoms with Gasteiger partial charge in [0.15, 0.2) is 0 Å². The molecule has 166 valence electrons. The van der Waals surface area contributed by atoms with Gasteiger partial charge in [0.2, 0.25) is 0 Å². The fraction of sp³-hybridized carbons (Fsp3) is 0.917. The Morgan fingerprint density at radius 2 is 1.14 bits per heavy atom. The molecule has 0 heterocycles. The van der Waals surface area contributed by atoms with Gasteiger partial charge in [0.05, 0.1) is 12.7 Å². The second kappa shape index (κ2) is 20.7. The zero-order chi connectivity index (χ0) is 20.9. The van der Waals surface area contributed by atoms with Crippen LogP contribution in [0.25, 0.3) is 0 Å². The topological polar surface area (TPSA) is 52.6 Å². The van der Waals surface area contributed by atoms with Crippen molar-refractivity contribution in [2.45, 2.75) is 136 Å². The molecule has 0 bridgehead atoms. The van der Waals surface area contributed by atoms with Crippen LogP contribution in [-0.4, -0.2) is 24.6 Å². The maximum Gasteiger partial charge on any atom is 0.306 e. The first-order valence-corrected chi connectivity index (χ1v) is 11.9. The van der Waals surface area contributed by atoms with Gasteiger partial charge in [-0.15, -0.1) is 0 Å². The lowest BCUT2D eigenvalue weighted by molar-refractivity contribution is -0.149. The quantitative estimate of drug-likeness (QED) is 0.162. The predicted molar refractivity (Wildman–Crippen MR) is 116 cm³/mol. The van der Waals surface area contributed by atoms with Gasteiger partial charge in [0.1, 0.15) is 0 Å². The van der Waals surface area contributed by atoms with Crippen LogP contribution in [0.2, 0.25) is 0 Å². The zero-order valence-corrected chi connectivity index (χ0v) is 18.9. The Bertz CT molecular complexity index is 368. The third kappa shape index (κ3) is 19.7. The van der Waals surface area contributed by atoms with Crippen LogP contribution in [0.1, 0.15) is 130 Å². The molecule has 0 saturated carbocycles. The highest BCUT2D eigenvalue weighted by molar-refractivity contribution is 5.72. The molecule has 1 atom stereocenters. The molecule has 0 aliphatic rings. The van der Waals surface area contributed by atoms with Gasteiger partial charge in [-0.05, 0) is 32.6 Å². The van der Waals surface area contributed by atoms with Crippen molar-refractivity contribution in [3.05, 3.63) is 0 Å². The standard InChI is InChI=1S/C24H46O4/c1-4-6-8-9-10-11-12-13-14-16-21-27-23(25)19-17-20-24(26)28-22(3)18-15-7-5-2/h22H,4-21H2,1-3H3. The molecule has 0 aliphatic heterocycles. The molecule has 0 fully saturated rings. The van der Waals surface area contributed by atoms with Crippen LogP contribution in [0.4, 0.5) is 0 Å². The maximum atomic E-state index is 11.8. The maximum absolute atomic E-state index is 11.8. The Morgan fingerprint density at radius 1 is 0.643 bits per heavy atom. The number of carbonyl (C=O) groups excluding carboxylic acids is 2. The molecule has 0 aliphatic carbocycles. The summed E-state index contributed by atoms with van der Waals surface area (Å²) in [6.07, 6.45) is 18.1. The number of hydrogen-bond acceptors (Lipinski definition) is 4. The summed E-state index contributed by atoms with van der Waals surface area (Å²) >= 11 is 0.